The largest absolute Gasteiger partial charge is 0.467 e. The first-order chi connectivity index (χ1) is 16.1. The molecule has 4 rings (SSSR count). The van der Waals surface area contributed by atoms with Crippen LogP contribution in [0.25, 0.3) is 0 Å². The Morgan fingerprint density at radius 3 is 2.18 bits per heavy atom. The first-order valence-corrected chi connectivity index (χ1v) is 11.2. The summed E-state index contributed by atoms with van der Waals surface area (Å²) in [5.41, 5.74) is -3.71. The van der Waals surface area contributed by atoms with Gasteiger partial charge < -0.3 is 9.73 Å². The number of amidine groups is 1. The number of hydrogen-bond donors (Lipinski definition) is 1. The van der Waals surface area contributed by atoms with Crippen LogP contribution in [-0.4, -0.2) is 42.1 Å². The van der Waals surface area contributed by atoms with E-state index in [1.54, 1.807) is 6.07 Å². The summed E-state index contributed by atoms with van der Waals surface area (Å²) >= 11 is 0. The van der Waals surface area contributed by atoms with Gasteiger partial charge in [0.1, 0.15) is 11.6 Å². The zero-order valence-corrected chi connectivity index (χ0v) is 18.0. The summed E-state index contributed by atoms with van der Waals surface area (Å²) in [6.07, 6.45) is -4.19. The number of benzene rings is 2. The van der Waals surface area contributed by atoms with Crippen molar-refractivity contribution in [2.24, 2.45) is 4.99 Å². The number of carbonyl (C=O) groups excluding carboxylic acids is 2. The molecule has 0 radical (unpaired) electrons. The summed E-state index contributed by atoms with van der Waals surface area (Å²) in [6.45, 7) is -0.432. The minimum Gasteiger partial charge on any atom is -0.467 e. The molecule has 176 valence electrons. The molecule has 0 saturated carbocycles. The van der Waals surface area contributed by atoms with Gasteiger partial charge in [-0.1, -0.05) is 48.5 Å². The minimum atomic E-state index is -5.47. The summed E-state index contributed by atoms with van der Waals surface area (Å²) in [7, 11) is -4.91. The van der Waals surface area contributed by atoms with E-state index in [-0.39, 0.29) is 11.3 Å². The lowest BCUT2D eigenvalue weighted by molar-refractivity contribution is -0.195. The Labute approximate surface area is 191 Å². The molecule has 0 aliphatic carbocycles. The van der Waals surface area contributed by atoms with Crippen LogP contribution in [-0.2, 0) is 21.2 Å². The van der Waals surface area contributed by atoms with Crippen LogP contribution >= 0.6 is 0 Å². The van der Waals surface area contributed by atoms with Crippen LogP contribution in [0.4, 0.5) is 18.0 Å². The van der Waals surface area contributed by atoms with Crippen LogP contribution < -0.4 is 5.32 Å². The predicted molar refractivity (Wildman–Crippen MR) is 113 cm³/mol. The summed E-state index contributed by atoms with van der Waals surface area (Å²) in [5.74, 6) is -1.93. The van der Waals surface area contributed by atoms with E-state index in [1.165, 1.54) is 66.2 Å². The van der Waals surface area contributed by atoms with Crippen LogP contribution in [0.2, 0.25) is 0 Å². The molecule has 1 N–H and O–H groups in total. The average Bonchev–Trinajstić information content (AvgIpc) is 3.43. The van der Waals surface area contributed by atoms with E-state index >= 15 is 0 Å². The number of furan rings is 1. The number of aliphatic imine (C=N–C) groups is 1. The molecule has 2 amide bonds. The molecule has 2 heterocycles. The highest BCUT2D eigenvalue weighted by Gasteiger charge is 2.68. The Morgan fingerprint density at radius 1 is 1.00 bits per heavy atom. The zero-order chi connectivity index (χ0) is 24.6. The molecule has 0 spiro atoms. The SMILES string of the molecule is O=C1N(Cc2ccco2)C(c2ccccc2)=N[C@]1(NC(=O)S(=O)(=O)c1ccccc1)C(F)(F)F. The second-order valence-corrected chi connectivity index (χ2v) is 9.06. The van der Waals surface area contributed by atoms with Gasteiger partial charge in [0.05, 0.1) is 17.7 Å². The number of rotatable bonds is 5. The number of sulfone groups is 1. The van der Waals surface area contributed by atoms with Crippen molar-refractivity contribution >= 4 is 26.8 Å². The smallest absolute Gasteiger partial charge is 0.442 e. The number of nitrogens with zero attached hydrogens (tertiary/aromatic N) is 2. The molecule has 0 fully saturated rings. The first-order valence-electron chi connectivity index (χ1n) is 9.75. The van der Waals surface area contributed by atoms with E-state index in [0.717, 1.165) is 12.1 Å². The molecule has 3 aromatic rings. The van der Waals surface area contributed by atoms with Crippen molar-refractivity contribution in [2.75, 3.05) is 0 Å². The Bertz CT molecular complexity index is 1340. The highest BCUT2D eigenvalue weighted by molar-refractivity contribution is 8.06. The van der Waals surface area contributed by atoms with Crippen molar-refractivity contribution in [1.82, 2.24) is 10.2 Å². The van der Waals surface area contributed by atoms with Crippen molar-refractivity contribution in [3.05, 3.63) is 90.4 Å². The predicted octanol–water partition coefficient (Wildman–Crippen LogP) is 3.51. The fourth-order valence-electron chi connectivity index (χ4n) is 3.33. The molecule has 2 aromatic carbocycles. The van der Waals surface area contributed by atoms with E-state index in [1.807, 2.05) is 0 Å². The Hall–Kier alpha value is -3.93. The number of amides is 2. The quantitative estimate of drug-likeness (QED) is 0.588. The molecule has 0 saturated heterocycles. The van der Waals surface area contributed by atoms with Crippen LogP contribution in [0.5, 0.6) is 0 Å². The van der Waals surface area contributed by atoms with Gasteiger partial charge in [0.2, 0.25) is 0 Å². The second kappa shape index (κ2) is 8.45. The zero-order valence-electron chi connectivity index (χ0n) is 17.2. The molecular weight excluding hydrogens is 475 g/mol. The van der Waals surface area contributed by atoms with E-state index in [2.05, 4.69) is 4.99 Å². The molecule has 0 unspecified atom stereocenters. The van der Waals surface area contributed by atoms with Gasteiger partial charge in [-0.25, -0.2) is 13.4 Å². The molecule has 1 aromatic heterocycles. The minimum absolute atomic E-state index is 0.147. The van der Waals surface area contributed by atoms with Gasteiger partial charge in [0.25, 0.3) is 15.7 Å². The average molecular weight is 491 g/mol. The summed E-state index contributed by atoms with van der Waals surface area (Å²) in [5, 5.41) is -0.645. The van der Waals surface area contributed by atoms with Crippen LogP contribution in [0.3, 0.4) is 0 Å². The summed E-state index contributed by atoms with van der Waals surface area (Å²) in [4.78, 5) is 29.6. The first kappa shape index (κ1) is 23.2. The van der Waals surface area contributed by atoms with Crippen molar-refractivity contribution in [2.45, 2.75) is 23.3 Å². The third-order valence-electron chi connectivity index (χ3n) is 5.00. The molecular formula is C22H16F3N3O5S. The van der Waals surface area contributed by atoms with Gasteiger partial charge in [-0.2, -0.15) is 13.2 Å². The topological polar surface area (TPSA) is 109 Å². The summed E-state index contributed by atoms with van der Waals surface area (Å²) < 4.78 is 73.5. The standard InChI is InChI=1S/C22H16F3N3O5S/c23-22(24,25)21(27-20(30)34(31,32)17-11-5-2-6-12-17)19(29)28(14-16-10-7-13-33-16)18(26-21)15-8-3-1-4-9-15/h1-13H,14H2,(H,27,30)/t21-/m1/s1. The maximum atomic E-state index is 14.4. The van der Waals surface area contributed by atoms with Crippen molar-refractivity contribution < 1.29 is 35.6 Å². The van der Waals surface area contributed by atoms with E-state index in [9.17, 15) is 31.2 Å². The van der Waals surface area contributed by atoms with Gasteiger partial charge in [-0.15, -0.1) is 0 Å². The molecule has 1 aliphatic rings. The lowest BCUT2D eigenvalue weighted by Crippen LogP contribution is -2.63. The molecule has 1 aliphatic heterocycles. The molecule has 0 bridgehead atoms. The molecule has 34 heavy (non-hydrogen) atoms. The maximum Gasteiger partial charge on any atom is 0.442 e. The third kappa shape index (κ3) is 3.96. The molecule has 8 nitrogen and oxygen atoms in total. The number of carbonyl (C=O) groups is 2. The van der Waals surface area contributed by atoms with Gasteiger partial charge in [0.15, 0.2) is 0 Å². The van der Waals surface area contributed by atoms with Crippen LogP contribution in [0.1, 0.15) is 11.3 Å². The molecule has 1 atom stereocenters. The lowest BCUT2D eigenvalue weighted by atomic mass is 10.1. The van der Waals surface area contributed by atoms with E-state index in [4.69, 9.17) is 4.42 Å². The number of nitrogens with one attached hydrogen (secondary N) is 1. The van der Waals surface area contributed by atoms with E-state index in [0.29, 0.717) is 4.90 Å². The van der Waals surface area contributed by atoms with E-state index < -0.39 is 50.1 Å². The highest BCUT2D eigenvalue weighted by Crippen LogP contribution is 2.39. The van der Waals surface area contributed by atoms with Crippen molar-refractivity contribution in [3.8, 4) is 0 Å². The third-order valence-corrected chi connectivity index (χ3v) is 6.48. The number of hydrogen-bond acceptors (Lipinski definition) is 6. The number of alkyl halides is 3. The second-order valence-electron chi connectivity index (χ2n) is 7.21. The monoisotopic (exact) mass is 491 g/mol. The van der Waals surface area contributed by atoms with Gasteiger partial charge in [-0.3, -0.25) is 14.5 Å². The maximum absolute atomic E-state index is 14.4. The van der Waals surface area contributed by atoms with Crippen molar-refractivity contribution in [3.63, 3.8) is 0 Å². The fourth-order valence-corrected chi connectivity index (χ4v) is 4.34. The van der Waals surface area contributed by atoms with Gasteiger partial charge in [0, 0.05) is 5.56 Å². The normalized spacial score (nSPS) is 18.6. The van der Waals surface area contributed by atoms with Crippen LogP contribution in [0, 0.1) is 0 Å². The van der Waals surface area contributed by atoms with Crippen molar-refractivity contribution in [1.29, 1.82) is 0 Å². The Balaban J connectivity index is 1.81. The fraction of sp³-hybridized carbons (Fsp3) is 0.136. The molecule has 12 heteroatoms. The number of halogens is 3. The Kier molecular flexibility index (Phi) is 5.77. The van der Waals surface area contributed by atoms with Gasteiger partial charge >= 0.3 is 17.1 Å². The lowest BCUT2D eigenvalue weighted by Gasteiger charge is -2.28. The summed E-state index contributed by atoms with van der Waals surface area (Å²) in [6, 6.07) is 16.6. The Morgan fingerprint density at radius 2 is 1.62 bits per heavy atom. The highest BCUT2D eigenvalue weighted by atomic mass is 32.2. The van der Waals surface area contributed by atoms with Gasteiger partial charge in [-0.05, 0) is 24.3 Å². The van der Waals surface area contributed by atoms with Crippen LogP contribution in [0.15, 0.2) is 93.4 Å².